The molecule has 1 aromatic carbocycles. The summed E-state index contributed by atoms with van der Waals surface area (Å²) < 4.78 is 7.23. The van der Waals surface area contributed by atoms with Crippen molar-refractivity contribution in [1.82, 2.24) is 20.2 Å². The number of carboxylic acid groups (broad SMARTS) is 1. The molecule has 0 saturated heterocycles. The van der Waals surface area contributed by atoms with Gasteiger partial charge in [-0.3, -0.25) is 0 Å². The number of allylic oxidation sites excluding steroid dienone is 1. The van der Waals surface area contributed by atoms with Gasteiger partial charge in [-0.05, 0) is 42.0 Å². The number of rotatable bonds is 3. The number of hydrogen-bond donors (Lipinski definition) is 2. The Bertz CT molecular complexity index is 1000. The molecule has 0 aliphatic carbocycles. The summed E-state index contributed by atoms with van der Waals surface area (Å²) in [5.41, 5.74) is 2.25. The minimum absolute atomic E-state index is 0.190. The van der Waals surface area contributed by atoms with Gasteiger partial charge in [0.2, 0.25) is 5.95 Å². The van der Waals surface area contributed by atoms with Crippen LogP contribution in [0.5, 0.6) is 0 Å². The number of benzene rings is 1. The van der Waals surface area contributed by atoms with Crippen LogP contribution in [-0.2, 0) is 4.79 Å². The molecule has 1 unspecified atom stereocenters. The van der Waals surface area contributed by atoms with Gasteiger partial charge in [-0.25, -0.2) is 4.79 Å². The zero-order valence-electron chi connectivity index (χ0n) is 13.6. The Hall–Kier alpha value is -3.42. The Morgan fingerprint density at radius 2 is 2.04 bits per heavy atom. The van der Waals surface area contributed by atoms with Crippen molar-refractivity contribution in [2.24, 2.45) is 0 Å². The summed E-state index contributed by atoms with van der Waals surface area (Å²) in [7, 11) is 0. The summed E-state index contributed by atoms with van der Waals surface area (Å²) in [6.07, 6.45) is 0. The number of aliphatic carboxylic acids is 1. The molecule has 126 valence electrons. The van der Waals surface area contributed by atoms with Crippen molar-refractivity contribution in [3.63, 3.8) is 0 Å². The van der Waals surface area contributed by atoms with Gasteiger partial charge in [0.05, 0.1) is 5.57 Å². The van der Waals surface area contributed by atoms with Gasteiger partial charge in [0.15, 0.2) is 0 Å². The molecule has 2 N–H and O–H groups in total. The van der Waals surface area contributed by atoms with Gasteiger partial charge in [-0.15, -0.1) is 0 Å². The number of fused-ring (bicyclic) bond motifs is 1. The fraction of sp³-hybridized carbons (Fsp3) is 0.176. The van der Waals surface area contributed by atoms with E-state index in [4.69, 9.17) is 4.42 Å². The van der Waals surface area contributed by atoms with E-state index in [1.54, 1.807) is 6.92 Å². The predicted octanol–water partition coefficient (Wildman–Crippen LogP) is 2.62. The molecule has 0 amide bonds. The first-order valence-corrected chi connectivity index (χ1v) is 7.71. The van der Waals surface area contributed by atoms with Crippen molar-refractivity contribution >= 4 is 11.9 Å². The molecule has 25 heavy (non-hydrogen) atoms. The number of carbonyl (C=O) groups is 1. The van der Waals surface area contributed by atoms with Crippen LogP contribution in [-0.4, -0.2) is 31.3 Å². The van der Waals surface area contributed by atoms with Gasteiger partial charge in [-0.1, -0.05) is 29.4 Å². The molecule has 0 saturated carbocycles. The second-order valence-corrected chi connectivity index (χ2v) is 5.82. The number of hydrogen-bond acceptors (Lipinski definition) is 6. The van der Waals surface area contributed by atoms with E-state index in [1.807, 2.05) is 43.3 Å². The second kappa shape index (κ2) is 5.59. The lowest BCUT2D eigenvalue weighted by atomic mass is 9.91. The van der Waals surface area contributed by atoms with E-state index in [-0.39, 0.29) is 5.57 Å². The van der Waals surface area contributed by atoms with Crippen LogP contribution in [0, 0.1) is 6.92 Å². The lowest BCUT2D eigenvalue weighted by molar-refractivity contribution is -0.133. The van der Waals surface area contributed by atoms with E-state index in [9.17, 15) is 9.90 Å². The molecular weight excluding hydrogens is 322 g/mol. The smallest absolute Gasteiger partial charge is 0.335 e. The minimum Gasteiger partial charge on any atom is -0.478 e. The van der Waals surface area contributed by atoms with Crippen LogP contribution in [0.3, 0.4) is 0 Å². The van der Waals surface area contributed by atoms with E-state index in [0.29, 0.717) is 17.4 Å². The van der Waals surface area contributed by atoms with Crippen LogP contribution in [0.2, 0.25) is 0 Å². The third-order valence-corrected chi connectivity index (χ3v) is 4.21. The first-order chi connectivity index (χ1) is 12.1. The maximum absolute atomic E-state index is 11.9. The predicted molar refractivity (Wildman–Crippen MR) is 88.8 cm³/mol. The summed E-state index contributed by atoms with van der Waals surface area (Å²) >= 11 is 0. The fourth-order valence-corrected chi connectivity index (χ4v) is 3.12. The molecule has 0 fully saturated rings. The van der Waals surface area contributed by atoms with Crippen molar-refractivity contribution in [2.75, 3.05) is 5.32 Å². The highest BCUT2D eigenvalue weighted by Gasteiger charge is 2.35. The highest BCUT2D eigenvalue weighted by Crippen LogP contribution is 2.39. The SMILES string of the molecule is CC1=C(C(=O)O)C(c2ccccc2-c2ccc(C)o2)n2nnnc2N1. The molecule has 1 atom stereocenters. The number of furan rings is 1. The molecule has 3 heterocycles. The molecule has 3 aromatic rings. The largest absolute Gasteiger partial charge is 0.478 e. The molecule has 1 aliphatic rings. The molecule has 8 heteroatoms. The number of tetrazole rings is 1. The quantitative estimate of drug-likeness (QED) is 0.756. The van der Waals surface area contributed by atoms with E-state index in [0.717, 1.165) is 16.9 Å². The molecule has 8 nitrogen and oxygen atoms in total. The van der Waals surface area contributed by atoms with E-state index in [1.165, 1.54) is 4.68 Å². The van der Waals surface area contributed by atoms with Gasteiger partial charge in [0, 0.05) is 11.3 Å². The zero-order valence-corrected chi connectivity index (χ0v) is 13.6. The van der Waals surface area contributed by atoms with Crippen LogP contribution in [0.15, 0.2) is 52.1 Å². The standard InChI is InChI=1S/C17H15N5O3/c1-9-7-8-13(25-9)11-5-3-4-6-12(11)15-14(16(23)24)10(2)18-17-19-20-21-22(15)17/h3-8,15H,1-2H3,(H,23,24)(H,18,19,21). The summed E-state index contributed by atoms with van der Waals surface area (Å²) in [6, 6.07) is 10.6. The van der Waals surface area contributed by atoms with Gasteiger partial charge in [0.1, 0.15) is 17.6 Å². The van der Waals surface area contributed by atoms with E-state index >= 15 is 0 Å². The molecule has 0 radical (unpaired) electrons. The zero-order chi connectivity index (χ0) is 17.6. The first-order valence-electron chi connectivity index (χ1n) is 7.71. The average molecular weight is 337 g/mol. The van der Waals surface area contributed by atoms with Crippen molar-refractivity contribution in [3.05, 3.63) is 59.0 Å². The topological polar surface area (TPSA) is 106 Å². The number of nitrogens with one attached hydrogen (secondary N) is 1. The van der Waals surface area contributed by atoms with Gasteiger partial charge in [-0.2, -0.15) is 4.68 Å². The summed E-state index contributed by atoms with van der Waals surface area (Å²) in [4.78, 5) is 11.9. The van der Waals surface area contributed by atoms with Gasteiger partial charge < -0.3 is 14.8 Å². The number of aromatic nitrogens is 4. The Morgan fingerprint density at radius 3 is 2.76 bits per heavy atom. The molecule has 0 spiro atoms. The van der Waals surface area contributed by atoms with E-state index in [2.05, 4.69) is 20.8 Å². The first kappa shape index (κ1) is 15.1. The third-order valence-electron chi connectivity index (χ3n) is 4.21. The maximum atomic E-state index is 11.9. The van der Waals surface area contributed by atoms with Crippen LogP contribution in [0.4, 0.5) is 5.95 Å². The van der Waals surface area contributed by atoms with Crippen LogP contribution >= 0.6 is 0 Å². The normalized spacial score (nSPS) is 16.5. The molecule has 4 rings (SSSR count). The number of anilines is 1. The lowest BCUT2D eigenvalue weighted by Crippen LogP contribution is -2.29. The van der Waals surface area contributed by atoms with Crippen molar-refractivity contribution < 1.29 is 14.3 Å². The molecular formula is C17H15N5O3. The van der Waals surface area contributed by atoms with Crippen molar-refractivity contribution in [2.45, 2.75) is 19.9 Å². The molecule has 2 aromatic heterocycles. The summed E-state index contributed by atoms with van der Waals surface area (Å²) in [6.45, 7) is 3.57. The highest BCUT2D eigenvalue weighted by atomic mass is 16.4. The third kappa shape index (κ3) is 2.38. The lowest BCUT2D eigenvalue weighted by Gasteiger charge is -2.27. The monoisotopic (exact) mass is 337 g/mol. The van der Waals surface area contributed by atoms with Crippen LogP contribution in [0.25, 0.3) is 11.3 Å². The summed E-state index contributed by atoms with van der Waals surface area (Å²) in [5, 5.41) is 24.3. The molecule has 0 bridgehead atoms. The molecule has 1 aliphatic heterocycles. The van der Waals surface area contributed by atoms with Gasteiger partial charge in [0.25, 0.3) is 0 Å². The highest BCUT2D eigenvalue weighted by molar-refractivity contribution is 5.91. The average Bonchev–Trinajstić information content (AvgIpc) is 3.22. The number of aryl methyl sites for hydroxylation is 1. The second-order valence-electron chi connectivity index (χ2n) is 5.82. The number of nitrogens with zero attached hydrogens (tertiary/aromatic N) is 4. The number of carboxylic acids is 1. The Balaban J connectivity index is 1.96. The van der Waals surface area contributed by atoms with Crippen LogP contribution < -0.4 is 5.32 Å². The minimum atomic E-state index is -1.03. The fourth-order valence-electron chi connectivity index (χ4n) is 3.12. The van der Waals surface area contributed by atoms with Crippen molar-refractivity contribution in [1.29, 1.82) is 0 Å². The van der Waals surface area contributed by atoms with Crippen LogP contribution in [0.1, 0.15) is 24.3 Å². The van der Waals surface area contributed by atoms with Crippen molar-refractivity contribution in [3.8, 4) is 11.3 Å². The maximum Gasteiger partial charge on any atom is 0.335 e. The summed E-state index contributed by atoms with van der Waals surface area (Å²) in [5.74, 6) is 0.826. The van der Waals surface area contributed by atoms with E-state index < -0.39 is 12.0 Å². The Kier molecular flexibility index (Phi) is 3.38. The Labute approximate surface area is 142 Å². The Morgan fingerprint density at radius 1 is 1.24 bits per heavy atom. The van der Waals surface area contributed by atoms with Gasteiger partial charge >= 0.3 is 5.97 Å².